The Hall–Kier alpha value is -0.920. The number of hydrogen-bond acceptors (Lipinski definition) is 5. The van der Waals surface area contributed by atoms with Gasteiger partial charge in [0.05, 0.1) is 8.95 Å². The molecule has 1 heterocycles. The van der Waals surface area contributed by atoms with Crippen molar-refractivity contribution in [3.63, 3.8) is 0 Å². The van der Waals surface area contributed by atoms with Crippen molar-refractivity contribution < 1.29 is 9.26 Å². The summed E-state index contributed by atoms with van der Waals surface area (Å²) < 4.78 is 12.2. The predicted octanol–water partition coefficient (Wildman–Crippen LogP) is 3.43. The molecule has 0 bridgehead atoms. The first-order valence-corrected chi connectivity index (χ1v) is 7.90. The van der Waals surface area contributed by atoms with Crippen molar-refractivity contribution in [3.05, 3.63) is 38.9 Å². The van der Waals surface area contributed by atoms with Crippen molar-refractivity contribution >= 4 is 31.9 Å². The molecule has 0 spiro atoms. The van der Waals surface area contributed by atoms with E-state index in [1.165, 1.54) is 24.8 Å². The Balaban J connectivity index is 1.67. The fraction of sp³-hybridized carbons (Fsp3) is 0.385. The van der Waals surface area contributed by atoms with Gasteiger partial charge in [-0.05, 0) is 62.4 Å². The van der Waals surface area contributed by atoms with Crippen LogP contribution in [-0.4, -0.2) is 16.2 Å². The molecule has 1 aromatic heterocycles. The first-order chi connectivity index (χ1) is 9.72. The van der Waals surface area contributed by atoms with Crippen molar-refractivity contribution in [2.24, 2.45) is 0 Å². The van der Waals surface area contributed by atoms with E-state index in [1.54, 1.807) is 0 Å². The lowest BCUT2D eigenvalue weighted by molar-refractivity contribution is 0.283. The predicted molar refractivity (Wildman–Crippen MR) is 80.3 cm³/mol. The van der Waals surface area contributed by atoms with Gasteiger partial charge in [0.1, 0.15) is 5.75 Å². The lowest BCUT2D eigenvalue weighted by atomic mass is 10.2. The van der Waals surface area contributed by atoms with Crippen LogP contribution in [0.4, 0.5) is 0 Å². The third-order valence-electron chi connectivity index (χ3n) is 2.98. The van der Waals surface area contributed by atoms with Crippen LogP contribution in [0.5, 0.6) is 5.75 Å². The zero-order valence-electron chi connectivity index (χ0n) is 10.6. The number of rotatable bonds is 6. The number of hydrogen-bond donors (Lipinski definition) is 1. The van der Waals surface area contributed by atoms with Crippen molar-refractivity contribution in [2.45, 2.75) is 32.0 Å². The van der Waals surface area contributed by atoms with Gasteiger partial charge in [0.2, 0.25) is 12.2 Å². The Labute approximate surface area is 133 Å². The quantitative estimate of drug-likeness (QED) is 0.801. The van der Waals surface area contributed by atoms with Crippen molar-refractivity contribution in [3.8, 4) is 5.75 Å². The molecule has 0 saturated heterocycles. The highest BCUT2D eigenvalue weighted by molar-refractivity contribution is 9.11. The standard InChI is InChI=1S/C13H13Br2N3O2/c14-10-3-8(5-16-9-1-2-9)4-11(15)13(10)19-6-12-17-7-20-18-12/h3-4,7,9,16H,1-2,5-6H2. The van der Waals surface area contributed by atoms with Crippen LogP contribution in [0.15, 0.2) is 32.0 Å². The second-order valence-electron chi connectivity index (χ2n) is 4.68. The van der Waals surface area contributed by atoms with E-state index < -0.39 is 0 Å². The Morgan fingerprint density at radius 3 is 2.65 bits per heavy atom. The molecule has 0 radical (unpaired) electrons. The lowest BCUT2D eigenvalue weighted by Gasteiger charge is -2.11. The fourth-order valence-corrected chi connectivity index (χ4v) is 3.30. The molecule has 20 heavy (non-hydrogen) atoms. The maximum Gasteiger partial charge on any atom is 0.213 e. The molecule has 3 rings (SSSR count). The van der Waals surface area contributed by atoms with Gasteiger partial charge in [-0.25, -0.2) is 0 Å². The molecule has 106 valence electrons. The molecule has 5 nitrogen and oxygen atoms in total. The molecule has 1 aliphatic rings. The fourth-order valence-electron chi connectivity index (χ4n) is 1.79. The van der Waals surface area contributed by atoms with Crippen molar-refractivity contribution in [2.75, 3.05) is 0 Å². The first-order valence-electron chi connectivity index (χ1n) is 6.31. The second kappa shape index (κ2) is 6.24. The van der Waals surface area contributed by atoms with Crippen molar-refractivity contribution in [1.29, 1.82) is 0 Å². The van der Waals surface area contributed by atoms with Gasteiger partial charge in [-0.15, -0.1) is 0 Å². The van der Waals surface area contributed by atoms with Crippen LogP contribution in [0.3, 0.4) is 0 Å². The zero-order valence-corrected chi connectivity index (χ0v) is 13.8. The van der Waals surface area contributed by atoms with Crippen LogP contribution < -0.4 is 10.1 Å². The van der Waals surface area contributed by atoms with Gasteiger partial charge in [-0.2, -0.15) is 4.98 Å². The van der Waals surface area contributed by atoms with Crippen LogP contribution >= 0.6 is 31.9 Å². The number of nitrogens with zero attached hydrogens (tertiary/aromatic N) is 2. The largest absolute Gasteiger partial charge is 0.483 e. The van der Waals surface area contributed by atoms with Crippen LogP contribution in [-0.2, 0) is 13.2 Å². The maximum absolute atomic E-state index is 5.71. The number of ether oxygens (including phenoxy) is 1. The highest BCUT2D eigenvalue weighted by atomic mass is 79.9. The molecule has 2 aromatic rings. The van der Waals surface area contributed by atoms with E-state index in [-0.39, 0.29) is 6.61 Å². The summed E-state index contributed by atoms with van der Waals surface area (Å²) in [5.74, 6) is 1.26. The van der Waals surface area contributed by atoms with Crippen LogP contribution in [0, 0.1) is 0 Å². The van der Waals surface area contributed by atoms with Gasteiger partial charge in [0.25, 0.3) is 0 Å². The van der Waals surface area contributed by atoms with E-state index in [0.29, 0.717) is 11.9 Å². The average Bonchev–Trinajstić information content (AvgIpc) is 3.10. The Kier molecular flexibility index (Phi) is 4.38. The summed E-state index contributed by atoms with van der Waals surface area (Å²) >= 11 is 7.08. The highest BCUT2D eigenvalue weighted by Crippen LogP contribution is 2.35. The smallest absolute Gasteiger partial charge is 0.213 e. The van der Waals surface area contributed by atoms with Crippen LogP contribution in [0.25, 0.3) is 0 Å². The molecule has 1 aliphatic carbocycles. The average molecular weight is 403 g/mol. The Morgan fingerprint density at radius 1 is 1.30 bits per heavy atom. The molecule has 0 amide bonds. The monoisotopic (exact) mass is 401 g/mol. The zero-order chi connectivity index (χ0) is 13.9. The van der Waals surface area contributed by atoms with Gasteiger partial charge in [0, 0.05) is 12.6 Å². The Bertz CT molecular complexity index is 562. The lowest BCUT2D eigenvalue weighted by Crippen LogP contribution is -2.15. The van der Waals surface area contributed by atoms with Crippen molar-refractivity contribution in [1.82, 2.24) is 15.5 Å². The van der Waals surface area contributed by atoms with E-state index >= 15 is 0 Å². The minimum absolute atomic E-state index is 0.271. The van der Waals surface area contributed by atoms with E-state index in [1.807, 2.05) is 0 Å². The maximum atomic E-state index is 5.71. The first kappa shape index (κ1) is 14.0. The second-order valence-corrected chi connectivity index (χ2v) is 6.39. The van der Waals surface area contributed by atoms with E-state index in [2.05, 4.69) is 64.0 Å². The molecular formula is C13H13Br2N3O2. The summed E-state index contributed by atoms with van der Waals surface area (Å²) in [7, 11) is 0. The molecule has 0 atom stereocenters. The van der Waals surface area contributed by atoms with Gasteiger partial charge < -0.3 is 14.6 Å². The molecular weight excluding hydrogens is 390 g/mol. The summed E-state index contributed by atoms with van der Waals surface area (Å²) in [6, 6.07) is 4.82. The number of aromatic nitrogens is 2. The summed E-state index contributed by atoms with van der Waals surface area (Å²) in [5, 5.41) is 7.20. The van der Waals surface area contributed by atoms with Crippen LogP contribution in [0.2, 0.25) is 0 Å². The molecule has 0 unspecified atom stereocenters. The molecule has 0 aliphatic heterocycles. The Morgan fingerprint density at radius 2 is 2.05 bits per heavy atom. The van der Waals surface area contributed by atoms with Gasteiger partial charge >= 0.3 is 0 Å². The minimum Gasteiger partial charge on any atom is -0.483 e. The molecule has 7 heteroatoms. The summed E-state index contributed by atoms with van der Waals surface area (Å²) in [5.41, 5.74) is 1.21. The normalized spacial score (nSPS) is 14.5. The molecule has 1 N–H and O–H groups in total. The number of halogens is 2. The van der Waals surface area contributed by atoms with Gasteiger partial charge in [0.15, 0.2) is 6.61 Å². The van der Waals surface area contributed by atoms with Gasteiger partial charge in [-0.3, -0.25) is 0 Å². The summed E-state index contributed by atoms with van der Waals surface area (Å²) in [6.45, 7) is 1.14. The van der Waals surface area contributed by atoms with E-state index in [9.17, 15) is 0 Å². The highest BCUT2D eigenvalue weighted by Gasteiger charge is 2.20. The number of nitrogens with one attached hydrogen (secondary N) is 1. The summed E-state index contributed by atoms with van der Waals surface area (Å²) in [6.07, 6.45) is 3.86. The van der Waals surface area contributed by atoms with E-state index in [4.69, 9.17) is 4.74 Å². The SMILES string of the molecule is Brc1cc(CNC2CC2)cc(Br)c1OCc1ncon1. The van der Waals surface area contributed by atoms with E-state index in [0.717, 1.165) is 21.2 Å². The van der Waals surface area contributed by atoms with Gasteiger partial charge in [-0.1, -0.05) is 5.16 Å². The third-order valence-corrected chi connectivity index (χ3v) is 4.16. The molecule has 1 saturated carbocycles. The number of benzene rings is 1. The topological polar surface area (TPSA) is 60.2 Å². The minimum atomic E-state index is 0.271. The molecule has 1 aromatic carbocycles. The van der Waals surface area contributed by atoms with Crippen LogP contribution in [0.1, 0.15) is 24.2 Å². The third kappa shape index (κ3) is 3.59. The summed E-state index contributed by atoms with van der Waals surface area (Å²) in [4.78, 5) is 3.92. The molecule has 1 fully saturated rings.